The van der Waals surface area contributed by atoms with Crippen LogP contribution in [0.25, 0.3) is 0 Å². The number of hydrogen-bond acceptors (Lipinski definition) is 5. The summed E-state index contributed by atoms with van der Waals surface area (Å²) in [6, 6.07) is 14.1. The normalized spacial score (nSPS) is 22.6. The fraction of sp³-hybridized carbons (Fsp3) is 0.407. The first kappa shape index (κ1) is 23.7. The summed E-state index contributed by atoms with van der Waals surface area (Å²) in [5.74, 6) is -2.64. The zero-order valence-electron chi connectivity index (χ0n) is 20.4. The predicted octanol–water partition coefficient (Wildman–Crippen LogP) is 4.75. The molecule has 2 aliphatic heterocycles. The van der Waals surface area contributed by atoms with Gasteiger partial charge in [0.1, 0.15) is 5.60 Å². The highest BCUT2D eigenvalue weighted by Gasteiger charge is 2.64. The maximum absolute atomic E-state index is 14.2. The van der Waals surface area contributed by atoms with Crippen LogP contribution in [0.3, 0.4) is 0 Å². The molecule has 2 atom stereocenters. The average Bonchev–Trinajstić information content (AvgIpc) is 3.17. The Labute approximate surface area is 199 Å². The van der Waals surface area contributed by atoms with Crippen molar-refractivity contribution < 1.29 is 23.9 Å². The third kappa shape index (κ3) is 3.50. The van der Waals surface area contributed by atoms with Crippen LogP contribution in [0.5, 0.6) is 0 Å². The molecule has 1 saturated heterocycles. The first-order chi connectivity index (χ1) is 15.9. The number of benzene rings is 2. The van der Waals surface area contributed by atoms with E-state index in [1.54, 1.807) is 57.2 Å². The van der Waals surface area contributed by atoms with E-state index in [1.807, 2.05) is 32.9 Å². The molecule has 4 rings (SSSR count). The number of carbonyl (C=O) groups excluding carboxylic acids is 4. The van der Waals surface area contributed by atoms with E-state index in [1.165, 1.54) is 0 Å². The maximum Gasteiger partial charge on any atom is 0.421 e. The topological polar surface area (TPSA) is 84.0 Å². The van der Waals surface area contributed by atoms with Gasteiger partial charge in [0.25, 0.3) is 0 Å². The molecule has 0 aliphatic carbocycles. The number of rotatable bonds is 3. The Kier molecular flexibility index (Phi) is 5.62. The zero-order chi connectivity index (χ0) is 25.0. The maximum atomic E-state index is 14.2. The Bertz CT molecular complexity index is 1180. The van der Waals surface area contributed by atoms with Crippen molar-refractivity contribution >= 4 is 35.2 Å². The van der Waals surface area contributed by atoms with Crippen LogP contribution in [-0.4, -0.2) is 29.4 Å². The summed E-state index contributed by atoms with van der Waals surface area (Å²) in [4.78, 5) is 56.5. The number of imide groups is 2. The molecule has 2 aromatic rings. The molecule has 0 bridgehead atoms. The van der Waals surface area contributed by atoms with Crippen molar-refractivity contribution in [2.75, 3.05) is 9.80 Å². The van der Waals surface area contributed by atoms with Crippen LogP contribution < -0.4 is 9.80 Å². The molecule has 0 saturated carbocycles. The van der Waals surface area contributed by atoms with Gasteiger partial charge in [-0.15, -0.1) is 0 Å². The monoisotopic (exact) mass is 462 g/mol. The van der Waals surface area contributed by atoms with Crippen LogP contribution in [0.4, 0.5) is 16.2 Å². The molecule has 1 fully saturated rings. The Morgan fingerprint density at radius 2 is 1.71 bits per heavy atom. The minimum absolute atomic E-state index is 0.118. The van der Waals surface area contributed by atoms with E-state index in [0.717, 1.165) is 15.4 Å². The number of nitrogens with zero attached hydrogens (tertiary/aromatic N) is 2. The summed E-state index contributed by atoms with van der Waals surface area (Å²) in [5.41, 5.74) is 0.150. The fourth-order valence-corrected chi connectivity index (χ4v) is 5.21. The van der Waals surface area contributed by atoms with Gasteiger partial charge >= 0.3 is 6.09 Å². The molecule has 0 radical (unpaired) electrons. The molecular weight excluding hydrogens is 432 g/mol. The minimum atomic E-state index is -1.38. The van der Waals surface area contributed by atoms with Gasteiger partial charge in [-0.1, -0.05) is 49.7 Å². The van der Waals surface area contributed by atoms with Crippen molar-refractivity contribution in [2.45, 2.75) is 59.0 Å². The van der Waals surface area contributed by atoms with Gasteiger partial charge in [0.2, 0.25) is 17.7 Å². The van der Waals surface area contributed by atoms with Crippen molar-refractivity contribution in [1.29, 1.82) is 0 Å². The molecule has 7 nitrogen and oxygen atoms in total. The lowest BCUT2D eigenvalue weighted by atomic mass is 9.63. The smallest absolute Gasteiger partial charge is 0.421 e. The molecule has 0 aromatic heterocycles. The first-order valence-corrected chi connectivity index (χ1v) is 11.5. The lowest BCUT2D eigenvalue weighted by molar-refractivity contribution is -0.133. The van der Waals surface area contributed by atoms with Crippen LogP contribution in [-0.2, 0) is 24.5 Å². The molecule has 4 amide bonds. The molecule has 2 aromatic carbocycles. The van der Waals surface area contributed by atoms with Gasteiger partial charge in [-0.25, -0.2) is 9.69 Å². The largest absolute Gasteiger partial charge is 0.443 e. The molecule has 2 aliphatic rings. The molecule has 0 N–H and O–H groups in total. The number of amides is 4. The van der Waals surface area contributed by atoms with Gasteiger partial charge in [0.05, 0.1) is 22.7 Å². The average molecular weight is 463 g/mol. The van der Waals surface area contributed by atoms with E-state index >= 15 is 0 Å². The summed E-state index contributed by atoms with van der Waals surface area (Å²) >= 11 is 0. The van der Waals surface area contributed by atoms with Gasteiger partial charge in [0.15, 0.2) is 0 Å². The zero-order valence-corrected chi connectivity index (χ0v) is 20.4. The highest BCUT2D eigenvalue weighted by Crippen LogP contribution is 2.54. The Balaban J connectivity index is 1.88. The highest BCUT2D eigenvalue weighted by atomic mass is 16.6. The van der Waals surface area contributed by atoms with Crippen LogP contribution in [0, 0.1) is 18.8 Å². The highest BCUT2D eigenvalue weighted by molar-refractivity contribution is 6.27. The van der Waals surface area contributed by atoms with E-state index in [-0.39, 0.29) is 18.2 Å². The van der Waals surface area contributed by atoms with E-state index in [4.69, 9.17) is 4.74 Å². The van der Waals surface area contributed by atoms with Gasteiger partial charge in [-0.2, -0.15) is 0 Å². The van der Waals surface area contributed by atoms with Crippen molar-refractivity contribution in [3.63, 3.8) is 0 Å². The summed E-state index contributed by atoms with van der Waals surface area (Å²) in [7, 11) is 0. The Morgan fingerprint density at radius 3 is 2.29 bits per heavy atom. The second-order valence-corrected chi connectivity index (χ2v) is 10.3. The lowest BCUT2D eigenvalue weighted by Crippen LogP contribution is -2.53. The minimum Gasteiger partial charge on any atom is -0.443 e. The predicted molar refractivity (Wildman–Crippen MR) is 128 cm³/mol. The number of hydrogen-bond donors (Lipinski definition) is 0. The van der Waals surface area contributed by atoms with Gasteiger partial charge < -0.3 is 4.74 Å². The lowest BCUT2D eigenvalue weighted by Gasteiger charge is -2.36. The quantitative estimate of drug-likeness (QED) is 0.615. The number of para-hydroxylation sites is 1. The van der Waals surface area contributed by atoms with Crippen molar-refractivity contribution in [2.24, 2.45) is 11.8 Å². The van der Waals surface area contributed by atoms with E-state index in [2.05, 4.69) is 0 Å². The summed E-state index contributed by atoms with van der Waals surface area (Å²) in [6.07, 6.45) is -0.908. The SMILES string of the molecule is Cc1ccc2c(c1)C(C(C)C)([C@@H]1CC(=O)N(c3ccccc3)C1=O)C(=O)N2C(=O)OC(C)(C)C. The molecule has 178 valence electrons. The number of carbonyl (C=O) groups is 4. The van der Waals surface area contributed by atoms with E-state index < -0.39 is 34.8 Å². The van der Waals surface area contributed by atoms with Crippen molar-refractivity contribution in [3.8, 4) is 0 Å². The van der Waals surface area contributed by atoms with Crippen LogP contribution in [0.2, 0.25) is 0 Å². The molecule has 2 heterocycles. The Hall–Kier alpha value is -3.48. The molecule has 1 unspecified atom stereocenters. The second kappa shape index (κ2) is 8.08. The van der Waals surface area contributed by atoms with Crippen LogP contribution >= 0.6 is 0 Å². The molecular formula is C27H30N2O5. The first-order valence-electron chi connectivity index (χ1n) is 11.5. The number of fused-ring (bicyclic) bond motifs is 1. The third-order valence-corrected chi connectivity index (χ3v) is 6.59. The van der Waals surface area contributed by atoms with E-state index in [9.17, 15) is 19.2 Å². The summed E-state index contributed by atoms with van der Waals surface area (Å²) < 4.78 is 5.56. The standard InChI is InChI=1S/C27H30N2O5/c1-16(2)27(20-15-22(30)28(23(20)31)18-10-8-7-9-11-18)19-14-17(3)12-13-21(19)29(24(27)32)25(33)34-26(4,5)6/h7-14,16,20H,15H2,1-6H3/t20-,27?/m1/s1. The third-order valence-electron chi connectivity index (χ3n) is 6.59. The van der Waals surface area contributed by atoms with Crippen LogP contribution in [0.15, 0.2) is 48.5 Å². The molecule has 34 heavy (non-hydrogen) atoms. The van der Waals surface area contributed by atoms with Gasteiger partial charge in [0, 0.05) is 6.42 Å². The number of anilines is 2. The van der Waals surface area contributed by atoms with Gasteiger partial charge in [-0.3, -0.25) is 19.3 Å². The number of aryl methyl sites for hydroxylation is 1. The summed E-state index contributed by atoms with van der Waals surface area (Å²) in [5, 5.41) is 0. The second-order valence-electron chi connectivity index (χ2n) is 10.3. The van der Waals surface area contributed by atoms with Gasteiger partial charge in [-0.05, 0) is 57.4 Å². The fourth-order valence-electron chi connectivity index (χ4n) is 5.21. The van der Waals surface area contributed by atoms with Crippen LogP contribution in [0.1, 0.15) is 52.2 Å². The Morgan fingerprint density at radius 1 is 1.06 bits per heavy atom. The molecule has 0 spiro atoms. The summed E-state index contributed by atoms with van der Waals surface area (Å²) in [6.45, 7) is 10.8. The number of ether oxygens (including phenoxy) is 1. The van der Waals surface area contributed by atoms with E-state index in [0.29, 0.717) is 16.9 Å². The van der Waals surface area contributed by atoms with Crippen molar-refractivity contribution in [3.05, 3.63) is 59.7 Å². The molecule has 7 heteroatoms. The van der Waals surface area contributed by atoms with Crippen molar-refractivity contribution in [1.82, 2.24) is 0 Å².